The number of furan rings is 1. The summed E-state index contributed by atoms with van der Waals surface area (Å²) in [6, 6.07) is 61.3. The fourth-order valence-corrected chi connectivity index (χ4v) is 12.3. The Bertz CT molecular complexity index is 3800. The second-order valence-corrected chi connectivity index (χ2v) is 22.1. The average Bonchev–Trinajstić information content (AvgIpc) is 3.81. The zero-order valence-electron chi connectivity index (χ0n) is 40.9. The minimum absolute atomic E-state index is 0.0840. The molecule has 0 amide bonds. The molecular weight excluding hydrogens is 836 g/mol. The van der Waals surface area contributed by atoms with Gasteiger partial charge in [-0.2, -0.15) is 0 Å². The van der Waals surface area contributed by atoms with Gasteiger partial charge in [0, 0.05) is 56.3 Å². The molecule has 0 fully saturated rings. The molecule has 3 nitrogen and oxygen atoms in total. The van der Waals surface area contributed by atoms with E-state index in [9.17, 15) is 0 Å². The third-order valence-electron chi connectivity index (χ3n) is 16.3. The molecule has 0 spiro atoms. The van der Waals surface area contributed by atoms with Gasteiger partial charge in [0.1, 0.15) is 11.2 Å². The number of nitrogens with zero attached hydrogens (tertiary/aromatic N) is 1. The second-order valence-electron chi connectivity index (χ2n) is 22.1. The van der Waals surface area contributed by atoms with Crippen molar-refractivity contribution in [2.45, 2.75) is 84.5 Å². The summed E-state index contributed by atoms with van der Waals surface area (Å²) in [5.41, 5.74) is 25.3. The van der Waals surface area contributed by atoms with E-state index in [1.807, 2.05) is 0 Å². The molecule has 2 heterocycles. The third kappa shape index (κ3) is 6.48. The molecule has 0 saturated heterocycles. The van der Waals surface area contributed by atoms with Crippen molar-refractivity contribution < 1.29 is 4.42 Å². The number of benzene rings is 9. The van der Waals surface area contributed by atoms with Gasteiger partial charge in [0.05, 0.1) is 0 Å². The summed E-state index contributed by atoms with van der Waals surface area (Å²) in [5, 5.41) is 8.77. The highest BCUT2D eigenvalue weighted by Gasteiger charge is 2.39. The van der Waals surface area contributed by atoms with E-state index in [4.69, 9.17) is 4.42 Å². The van der Waals surface area contributed by atoms with Gasteiger partial charge in [-0.15, -0.1) is 0 Å². The molecule has 1 aromatic heterocycles. The number of fused-ring (bicyclic) bond motifs is 10. The largest absolute Gasteiger partial charge is 0.456 e. The van der Waals surface area contributed by atoms with E-state index < -0.39 is 0 Å². The lowest BCUT2D eigenvalue weighted by molar-refractivity contribution is 0.332. The van der Waals surface area contributed by atoms with E-state index in [0.29, 0.717) is 0 Å². The van der Waals surface area contributed by atoms with Crippen LogP contribution in [0.5, 0.6) is 0 Å². The van der Waals surface area contributed by atoms with Crippen molar-refractivity contribution in [3.63, 3.8) is 0 Å². The summed E-state index contributed by atoms with van der Waals surface area (Å²) in [4.78, 5) is 2.50. The highest BCUT2D eigenvalue weighted by Crippen LogP contribution is 2.51. The van der Waals surface area contributed by atoms with Crippen LogP contribution in [0.3, 0.4) is 0 Å². The molecule has 2 aliphatic carbocycles. The first-order chi connectivity index (χ1) is 33.2. The Morgan fingerprint density at radius 3 is 1.96 bits per heavy atom. The van der Waals surface area contributed by atoms with Crippen LogP contribution < -0.4 is 21.1 Å². The van der Waals surface area contributed by atoms with Crippen LogP contribution in [0.1, 0.15) is 87.8 Å². The maximum Gasteiger partial charge on any atom is 0.197 e. The Morgan fingerprint density at radius 1 is 0.493 bits per heavy atom. The SMILES string of the molecule is Cc1cc(-c2cc3ccccc3cc2Nc2ccc3c(c2)C(C)(C)c2ccccc2-3)c2c(c1)N(c1ccc(-c3ccccc3)cc1C)c1cc3oc4cc5c(cc4c3cc1[B]2)C(C)(C)CCC5(C)C. The highest BCUT2D eigenvalue weighted by atomic mass is 16.3. The molecule has 10 aromatic rings. The van der Waals surface area contributed by atoms with Gasteiger partial charge in [-0.3, -0.25) is 0 Å². The van der Waals surface area contributed by atoms with Crippen LogP contribution in [0.4, 0.5) is 28.4 Å². The molecule has 9 aromatic carbocycles. The Labute approximate surface area is 407 Å². The predicted molar refractivity (Wildman–Crippen MR) is 294 cm³/mol. The standard InChI is InChI=1S/C65H56BN2O/c1-38-28-50(47-31-41-18-12-13-19-42(41)32-56(47)67-44-23-24-46-45-20-14-15-21-51(45)65(7,8)52(46)33-44)62-59(29-38)68(57-25-22-43(30-39(57)2)40-16-10-9-11-17-40)58-37-61-49(35-55(58)66-62)48-34-53-54(36-60(48)69-61)64(5,6)27-26-63(53,3)4/h9-25,28-37,67H,26-27H2,1-8H3. The van der Waals surface area contributed by atoms with Crippen LogP contribution in [-0.2, 0) is 16.2 Å². The van der Waals surface area contributed by atoms with Gasteiger partial charge < -0.3 is 14.6 Å². The molecule has 4 heteroatoms. The van der Waals surface area contributed by atoms with Gasteiger partial charge in [0.2, 0.25) is 0 Å². The lowest BCUT2D eigenvalue weighted by atomic mass is 9.57. The van der Waals surface area contributed by atoms with Crippen LogP contribution in [-0.4, -0.2) is 7.28 Å². The fraction of sp³-hybridized carbons (Fsp3) is 0.200. The number of nitrogens with one attached hydrogen (secondary N) is 1. The molecule has 3 aliphatic rings. The summed E-state index contributed by atoms with van der Waals surface area (Å²) in [6.07, 6.45) is 2.33. The first kappa shape index (κ1) is 41.9. The first-order valence-electron chi connectivity index (χ1n) is 24.8. The molecule has 1 aliphatic heterocycles. The smallest absolute Gasteiger partial charge is 0.197 e. The summed E-state index contributed by atoms with van der Waals surface area (Å²) < 4.78 is 6.97. The Balaban J connectivity index is 1.02. The molecule has 13 rings (SSSR count). The van der Waals surface area contributed by atoms with Gasteiger partial charge in [-0.05, 0) is 170 Å². The molecule has 0 unspecified atom stereocenters. The molecule has 1 radical (unpaired) electrons. The number of anilines is 5. The van der Waals surface area contributed by atoms with E-state index >= 15 is 0 Å². The third-order valence-corrected chi connectivity index (χ3v) is 16.3. The average molecular weight is 892 g/mol. The maximum atomic E-state index is 6.97. The van der Waals surface area contributed by atoms with Crippen LogP contribution in [0, 0.1) is 13.8 Å². The summed E-state index contributed by atoms with van der Waals surface area (Å²) >= 11 is 0. The van der Waals surface area contributed by atoms with Crippen molar-refractivity contribution in [1.29, 1.82) is 0 Å². The minimum Gasteiger partial charge on any atom is -0.456 e. The van der Waals surface area contributed by atoms with Gasteiger partial charge in [0.25, 0.3) is 0 Å². The zero-order chi connectivity index (χ0) is 47.1. The van der Waals surface area contributed by atoms with E-state index in [-0.39, 0.29) is 16.2 Å². The van der Waals surface area contributed by atoms with Crippen LogP contribution in [0.2, 0.25) is 0 Å². The Kier molecular flexibility index (Phi) is 9.01. The summed E-state index contributed by atoms with van der Waals surface area (Å²) in [5.74, 6) is 0. The lowest BCUT2D eigenvalue weighted by Crippen LogP contribution is -2.41. The molecule has 1 N–H and O–H groups in total. The summed E-state index contributed by atoms with van der Waals surface area (Å²) in [6.45, 7) is 18.8. The first-order valence-corrected chi connectivity index (χ1v) is 24.8. The molecule has 69 heavy (non-hydrogen) atoms. The topological polar surface area (TPSA) is 28.4 Å². The van der Waals surface area contributed by atoms with Crippen molar-refractivity contribution in [3.8, 4) is 33.4 Å². The van der Waals surface area contributed by atoms with E-state index in [1.54, 1.807) is 0 Å². The zero-order valence-corrected chi connectivity index (χ0v) is 40.9. The van der Waals surface area contributed by atoms with E-state index in [0.717, 1.165) is 57.8 Å². The predicted octanol–water partition coefficient (Wildman–Crippen LogP) is 16.5. The van der Waals surface area contributed by atoms with E-state index in [1.165, 1.54) is 93.8 Å². The number of hydrogen-bond donors (Lipinski definition) is 1. The van der Waals surface area contributed by atoms with Gasteiger partial charge in [-0.1, -0.05) is 150 Å². The van der Waals surface area contributed by atoms with Crippen LogP contribution >= 0.6 is 0 Å². The summed E-state index contributed by atoms with van der Waals surface area (Å²) in [7, 11) is 2.45. The minimum atomic E-state index is -0.105. The maximum absolute atomic E-state index is 6.97. The second kappa shape index (κ2) is 14.9. The molecule has 0 atom stereocenters. The van der Waals surface area contributed by atoms with Gasteiger partial charge in [-0.25, -0.2) is 0 Å². The van der Waals surface area contributed by atoms with Crippen molar-refractivity contribution in [3.05, 3.63) is 197 Å². The van der Waals surface area contributed by atoms with Crippen molar-refractivity contribution in [2.24, 2.45) is 0 Å². The van der Waals surface area contributed by atoms with Gasteiger partial charge >= 0.3 is 0 Å². The fourth-order valence-electron chi connectivity index (χ4n) is 12.3. The molecular formula is C65H56BN2O. The van der Waals surface area contributed by atoms with Crippen LogP contribution in [0.25, 0.3) is 66.1 Å². The lowest BCUT2D eigenvalue weighted by Gasteiger charge is -2.41. The number of hydrogen-bond acceptors (Lipinski definition) is 3. The van der Waals surface area contributed by atoms with Crippen molar-refractivity contribution in [2.75, 3.05) is 10.2 Å². The van der Waals surface area contributed by atoms with Crippen LogP contribution in [0.15, 0.2) is 168 Å². The Hall–Kier alpha value is -7.30. The monoisotopic (exact) mass is 891 g/mol. The van der Waals surface area contributed by atoms with Crippen molar-refractivity contribution >= 4 is 79.4 Å². The van der Waals surface area contributed by atoms with E-state index in [2.05, 4.69) is 237 Å². The molecule has 0 bridgehead atoms. The number of aryl methyl sites for hydroxylation is 2. The molecule has 335 valence electrons. The quantitative estimate of drug-likeness (QED) is 0.175. The van der Waals surface area contributed by atoms with Crippen molar-refractivity contribution in [1.82, 2.24) is 0 Å². The highest BCUT2D eigenvalue weighted by molar-refractivity contribution is 6.73. The number of rotatable bonds is 5. The Morgan fingerprint density at radius 2 is 1.17 bits per heavy atom. The normalized spacial score (nSPS) is 15.9. The van der Waals surface area contributed by atoms with Gasteiger partial charge in [0.15, 0.2) is 7.28 Å². The molecule has 0 saturated carbocycles.